The van der Waals surface area contributed by atoms with Crippen molar-refractivity contribution in [2.45, 2.75) is 58.9 Å². The van der Waals surface area contributed by atoms with Crippen LogP contribution in [0.3, 0.4) is 0 Å². The normalized spacial score (nSPS) is 24.6. The van der Waals surface area contributed by atoms with Crippen molar-refractivity contribution in [2.75, 3.05) is 0 Å². The zero-order chi connectivity index (χ0) is 13.1. The molecule has 17 heavy (non-hydrogen) atoms. The van der Waals surface area contributed by atoms with Crippen LogP contribution in [0.5, 0.6) is 0 Å². The van der Waals surface area contributed by atoms with Crippen LogP contribution in [0, 0.1) is 11.3 Å². The summed E-state index contributed by atoms with van der Waals surface area (Å²) in [5, 5.41) is 11.8. The van der Waals surface area contributed by atoms with Crippen molar-refractivity contribution < 1.29 is 14.7 Å². The van der Waals surface area contributed by atoms with Crippen molar-refractivity contribution in [3.8, 4) is 0 Å². The molecule has 1 amide bonds. The summed E-state index contributed by atoms with van der Waals surface area (Å²) in [5.74, 6) is -0.963. The number of nitrogens with one attached hydrogen (secondary N) is 1. The van der Waals surface area contributed by atoms with Gasteiger partial charge in [-0.1, -0.05) is 20.8 Å². The van der Waals surface area contributed by atoms with E-state index in [4.69, 9.17) is 5.11 Å². The molecule has 1 saturated carbocycles. The summed E-state index contributed by atoms with van der Waals surface area (Å²) in [5.41, 5.74) is 0.163. The lowest BCUT2D eigenvalue weighted by Gasteiger charge is -2.18. The summed E-state index contributed by atoms with van der Waals surface area (Å²) in [6.45, 7) is 6.32. The summed E-state index contributed by atoms with van der Waals surface area (Å²) in [7, 11) is 0. The van der Waals surface area contributed by atoms with Gasteiger partial charge in [0.25, 0.3) is 0 Å². The lowest BCUT2D eigenvalue weighted by Crippen LogP contribution is -2.33. The minimum Gasteiger partial charge on any atom is -0.481 e. The molecule has 2 atom stereocenters. The molecule has 1 aliphatic carbocycles. The molecule has 0 aromatic carbocycles. The fourth-order valence-electron chi connectivity index (χ4n) is 2.13. The molecule has 1 rings (SSSR count). The monoisotopic (exact) mass is 241 g/mol. The molecule has 0 aromatic rings. The van der Waals surface area contributed by atoms with E-state index in [0.29, 0.717) is 19.3 Å². The van der Waals surface area contributed by atoms with Crippen LogP contribution in [-0.4, -0.2) is 23.0 Å². The largest absolute Gasteiger partial charge is 0.481 e. The zero-order valence-electron chi connectivity index (χ0n) is 11.0. The van der Waals surface area contributed by atoms with Gasteiger partial charge in [0, 0.05) is 12.5 Å². The molecule has 0 radical (unpaired) electrons. The predicted molar refractivity (Wildman–Crippen MR) is 65.6 cm³/mol. The van der Waals surface area contributed by atoms with Crippen LogP contribution >= 0.6 is 0 Å². The van der Waals surface area contributed by atoms with Crippen molar-refractivity contribution in [3.05, 3.63) is 0 Å². The first kappa shape index (κ1) is 14.0. The molecule has 0 saturated heterocycles. The number of carbonyl (C=O) groups is 2. The van der Waals surface area contributed by atoms with E-state index in [2.05, 4.69) is 26.1 Å². The first-order valence-corrected chi connectivity index (χ1v) is 6.30. The first-order valence-electron chi connectivity index (χ1n) is 6.30. The summed E-state index contributed by atoms with van der Waals surface area (Å²) >= 11 is 0. The smallest absolute Gasteiger partial charge is 0.306 e. The third-order valence-electron chi connectivity index (χ3n) is 3.25. The molecule has 0 bridgehead atoms. The summed E-state index contributed by atoms with van der Waals surface area (Å²) in [6.07, 6.45) is 3.43. The fourth-order valence-corrected chi connectivity index (χ4v) is 2.13. The molecular weight excluding hydrogens is 218 g/mol. The van der Waals surface area contributed by atoms with Crippen molar-refractivity contribution in [1.29, 1.82) is 0 Å². The Hall–Kier alpha value is -1.06. The highest BCUT2D eigenvalue weighted by atomic mass is 16.4. The number of carboxylic acid groups (broad SMARTS) is 1. The second-order valence-electron chi connectivity index (χ2n) is 6.17. The Bertz CT molecular complexity index is 294. The van der Waals surface area contributed by atoms with Gasteiger partial charge in [0.05, 0.1) is 5.92 Å². The molecule has 98 valence electrons. The Morgan fingerprint density at radius 3 is 2.41 bits per heavy atom. The number of hydrogen-bond acceptors (Lipinski definition) is 2. The Morgan fingerprint density at radius 2 is 1.94 bits per heavy atom. The molecule has 4 heteroatoms. The van der Waals surface area contributed by atoms with E-state index in [1.165, 1.54) is 0 Å². The highest BCUT2D eigenvalue weighted by molar-refractivity contribution is 5.76. The van der Waals surface area contributed by atoms with Crippen molar-refractivity contribution in [3.63, 3.8) is 0 Å². The molecule has 0 spiro atoms. The maximum absolute atomic E-state index is 11.7. The molecule has 0 aliphatic heterocycles. The quantitative estimate of drug-likeness (QED) is 0.792. The molecule has 2 N–H and O–H groups in total. The van der Waals surface area contributed by atoms with Gasteiger partial charge < -0.3 is 10.4 Å². The molecule has 0 aromatic heterocycles. The van der Waals surface area contributed by atoms with E-state index in [1.807, 2.05) is 0 Å². The van der Waals surface area contributed by atoms with Crippen LogP contribution in [0.2, 0.25) is 0 Å². The molecule has 0 unspecified atom stereocenters. The summed E-state index contributed by atoms with van der Waals surface area (Å²) in [6, 6.07) is 0.0589. The minimum absolute atomic E-state index is 0.0518. The number of aliphatic carboxylic acids is 1. The van der Waals surface area contributed by atoms with Crippen LogP contribution in [0.4, 0.5) is 0 Å². The first-order chi connectivity index (χ1) is 7.78. The minimum atomic E-state index is -0.739. The second-order valence-corrected chi connectivity index (χ2v) is 6.17. The average molecular weight is 241 g/mol. The fraction of sp³-hybridized carbons (Fsp3) is 0.846. The Balaban J connectivity index is 2.26. The van der Waals surface area contributed by atoms with E-state index in [0.717, 1.165) is 12.8 Å². The Kier molecular flexibility index (Phi) is 4.54. The van der Waals surface area contributed by atoms with Gasteiger partial charge in [-0.15, -0.1) is 0 Å². The maximum Gasteiger partial charge on any atom is 0.306 e. The molecule has 1 fully saturated rings. The number of carbonyl (C=O) groups excluding carboxylic acids is 1. The highest BCUT2D eigenvalue weighted by Crippen LogP contribution is 2.26. The summed E-state index contributed by atoms with van der Waals surface area (Å²) < 4.78 is 0. The molecule has 1 aliphatic rings. The van der Waals surface area contributed by atoms with E-state index in [9.17, 15) is 9.59 Å². The SMILES string of the molecule is CC(C)(C)CCC(=O)N[C@H]1CC[C@@H](C(=O)O)C1. The van der Waals surface area contributed by atoms with E-state index >= 15 is 0 Å². The Morgan fingerprint density at radius 1 is 1.29 bits per heavy atom. The number of amides is 1. The van der Waals surface area contributed by atoms with Gasteiger partial charge in [-0.25, -0.2) is 0 Å². The van der Waals surface area contributed by atoms with E-state index in [-0.39, 0.29) is 23.3 Å². The standard InChI is InChI=1S/C13H23NO3/c1-13(2,3)7-6-11(15)14-10-5-4-9(8-10)12(16)17/h9-10H,4-8H2,1-3H3,(H,14,15)(H,16,17)/t9-,10+/m1/s1. The highest BCUT2D eigenvalue weighted by Gasteiger charge is 2.30. The number of hydrogen-bond donors (Lipinski definition) is 2. The molecule has 4 nitrogen and oxygen atoms in total. The van der Waals surface area contributed by atoms with Crippen LogP contribution in [0.1, 0.15) is 52.9 Å². The van der Waals surface area contributed by atoms with Gasteiger partial charge >= 0.3 is 5.97 Å². The van der Waals surface area contributed by atoms with E-state index in [1.54, 1.807) is 0 Å². The summed E-state index contributed by atoms with van der Waals surface area (Å²) in [4.78, 5) is 22.4. The van der Waals surface area contributed by atoms with Gasteiger partial charge in [0.2, 0.25) is 5.91 Å². The topological polar surface area (TPSA) is 66.4 Å². The average Bonchev–Trinajstić information content (AvgIpc) is 2.62. The van der Waals surface area contributed by atoms with Crippen molar-refractivity contribution in [1.82, 2.24) is 5.32 Å². The van der Waals surface area contributed by atoms with Gasteiger partial charge in [-0.2, -0.15) is 0 Å². The van der Waals surface area contributed by atoms with Crippen molar-refractivity contribution >= 4 is 11.9 Å². The lowest BCUT2D eigenvalue weighted by atomic mass is 9.90. The van der Waals surface area contributed by atoms with Gasteiger partial charge in [0.1, 0.15) is 0 Å². The zero-order valence-corrected chi connectivity index (χ0v) is 11.0. The van der Waals surface area contributed by atoms with Crippen LogP contribution < -0.4 is 5.32 Å². The van der Waals surface area contributed by atoms with Gasteiger partial charge in [0.15, 0.2) is 0 Å². The number of carboxylic acids is 1. The Labute approximate surface area is 103 Å². The van der Waals surface area contributed by atoms with Crippen LogP contribution in [0.25, 0.3) is 0 Å². The predicted octanol–water partition coefficient (Wildman–Crippen LogP) is 2.18. The van der Waals surface area contributed by atoms with Crippen LogP contribution in [0.15, 0.2) is 0 Å². The molecular formula is C13H23NO3. The number of rotatable bonds is 4. The van der Waals surface area contributed by atoms with Gasteiger partial charge in [-0.3, -0.25) is 9.59 Å². The maximum atomic E-state index is 11.7. The van der Waals surface area contributed by atoms with Gasteiger partial charge in [-0.05, 0) is 31.1 Å². The molecule has 0 heterocycles. The lowest BCUT2D eigenvalue weighted by molar-refractivity contribution is -0.141. The third-order valence-corrected chi connectivity index (χ3v) is 3.25. The van der Waals surface area contributed by atoms with Crippen molar-refractivity contribution in [2.24, 2.45) is 11.3 Å². The third kappa shape index (κ3) is 5.20. The van der Waals surface area contributed by atoms with E-state index < -0.39 is 5.97 Å². The van der Waals surface area contributed by atoms with Crippen LogP contribution in [-0.2, 0) is 9.59 Å². The second kappa shape index (κ2) is 5.52.